The number of amides is 2. The maximum absolute atomic E-state index is 13.7. The highest BCUT2D eigenvalue weighted by atomic mass is 32.2. The third-order valence-electron chi connectivity index (χ3n) is 4.95. The molecule has 2 amide bonds. The molecule has 0 fully saturated rings. The Morgan fingerprint density at radius 1 is 1.09 bits per heavy atom. The van der Waals surface area contributed by atoms with E-state index in [-0.39, 0.29) is 23.8 Å². The van der Waals surface area contributed by atoms with Crippen molar-refractivity contribution in [1.29, 1.82) is 0 Å². The monoisotopic (exact) mass is 455 g/mol. The van der Waals surface area contributed by atoms with Crippen LogP contribution in [0, 0.1) is 26.6 Å². The van der Waals surface area contributed by atoms with Gasteiger partial charge in [-0.1, -0.05) is 41.6 Å². The smallest absolute Gasteiger partial charge is 0.254 e. The minimum absolute atomic E-state index is 0.00627. The van der Waals surface area contributed by atoms with Crippen LogP contribution in [0.25, 0.3) is 0 Å². The molecular formula is C23H26FN5O2S. The Labute approximate surface area is 190 Å². The number of hydrogen-bond acceptors (Lipinski definition) is 5. The van der Waals surface area contributed by atoms with Crippen molar-refractivity contribution in [3.8, 4) is 0 Å². The van der Waals surface area contributed by atoms with Crippen LogP contribution in [-0.2, 0) is 18.3 Å². The first-order valence-electron chi connectivity index (χ1n) is 10.2. The Bertz CT molecular complexity index is 1120. The molecule has 32 heavy (non-hydrogen) atoms. The molecule has 0 aliphatic carbocycles. The van der Waals surface area contributed by atoms with Crippen molar-refractivity contribution in [2.24, 2.45) is 7.05 Å². The molecule has 1 aromatic heterocycles. The number of benzene rings is 2. The number of aromatic nitrogens is 3. The molecule has 0 aliphatic heterocycles. The molecule has 3 rings (SSSR count). The molecule has 1 heterocycles. The van der Waals surface area contributed by atoms with Crippen molar-refractivity contribution in [1.82, 2.24) is 20.1 Å². The van der Waals surface area contributed by atoms with Crippen LogP contribution < -0.4 is 10.6 Å². The fraction of sp³-hybridized carbons (Fsp3) is 0.304. The normalized spacial score (nSPS) is 10.8. The van der Waals surface area contributed by atoms with Gasteiger partial charge in [-0.25, -0.2) is 4.39 Å². The molecule has 0 radical (unpaired) electrons. The summed E-state index contributed by atoms with van der Waals surface area (Å²) < 4.78 is 15.5. The predicted octanol–water partition coefficient (Wildman–Crippen LogP) is 3.58. The molecule has 3 aromatic rings. The molecule has 0 bridgehead atoms. The number of rotatable bonds is 8. The minimum Gasteiger partial charge on any atom is -0.351 e. The summed E-state index contributed by atoms with van der Waals surface area (Å²) in [6.45, 7) is 6.26. The predicted molar refractivity (Wildman–Crippen MR) is 123 cm³/mol. The molecule has 0 saturated carbocycles. The molecule has 0 aliphatic rings. The van der Waals surface area contributed by atoms with E-state index in [0.29, 0.717) is 17.4 Å². The van der Waals surface area contributed by atoms with Gasteiger partial charge < -0.3 is 15.2 Å². The van der Waals surface area contributed by atoms with Crippen LogP contribution in [0.4, 0.5) is 10.1 Å². The van der Waals surface area contributed by atoms with Crippen molar-refractivity contribution < 1.29 is 14.0 Å². The van der Waals surface area contributed by atoms with Gasteiger partial charge in [-0.3, -0.25) is 9.59 Å². The van der Waals surface area contributed by atoms with E-state index in [1.807, 2.05) is 40.0 Å². The van der Waals surface area contributed by atoms with Crippen LogP contribution in [0.15, 0.2) is 41.6 Å². The van der Waals surface area contributed by atoms with Crippen LogP contribution in [0.3, 0.4) is 0 Å². The molecule has 0 unspecified atom stereocenters. The van der Waals surface area contributed by atoms with Crippen LogP contribution in [-0.4, -0.2) is 38.9 Å². The second-order valence-electron chi connectivity index (χ2n) is 7.55. The topological polar surface area (TPSA) is 88.9 Å². The number of hydrogen-bond donors (Lipinski definition) is 2. The van der Waals surface area contributed by atoms with E-state index >= 15 is 0 Å². The van der Waals surface area contributed by atoms with Crippen molar-refractivity contribution in [2.45, 2.75) is 32.3 Å². The molecule has 2 aromatic carbocycles. The Morgan fingerprint density at radius 3 is 2.47 bits per heavy atom. The third kappa shape index (κ3) is 5.73. The van der Waals surface area contributed by atoms with E-state index in [1.54, 1.807) is 10.6 Å². The SMILES string of the molecule is Cc1cc(C)c(NC(=O)CSc2nnc(CCNC(=O)c3ccccc3F)n2C)c(C)c1. The summed E-state index contributed by atoms with van der Waals surface area (Å²) in [6, 6.07) is 9.91. The molecule has 2 N–H and O–H groups in total. The largest absolute Gasteiger partial charge is 0.351 e. The molecule has 0 atom stereocenters. The molecular weight excluding hydrogens is 429 g/mol. The fourth-order valence-corrected chi connectivity index (χ4v) is 4.13. The Morgan fingerprint density at radius 2 is 1.78 bits per heavy atom. The number of nitrogens with zero attached hydrogens (tertiary/aromatic N) is 3. The van der Waals surface area contributed by atoms with Gasteiger partial charge in [0.2, 0.25) is 5.91 Å². The highest BCUT2D eigenvalue weighted by molar-refractivity contribution is 7.99. The maximum Gasteiger partial charge on any atom is 0.254 e. The Balaban J connectivity index is 1.51. The van der Waals surface area contributed by atoms with E-state index in [0.717, 1.165) is 22.4 Å². The van der Waals surface area contributed by atoms with Crippen molar-refractivity contribution in [2.75, 3.05) is 17.6 Å². The minimum atomic E-state index is -0.559. The molecule has 9 heteroatoms. The molecule has 7 nitrogen and oxygen atoms in total. The van der Waals surface area contributed by atoms with Crippen LogP contribution >= 0.6 is 11.8 Å². The lowest BCUT2D eigenvalue weighted by Gasteiger charge is -2.12. The number of halogens is 1. The zero-order valence-corrected chi connectivity index (χ0v) is 19.3. The maximum atomic E-state index is 13.7. The van der Waals surface area contributed by atoms with Gasteiger partial charge in [0.05, 0.1) is 11.3 Å². The number of carbonyl (C=O) groups excluding carboxylic acids is 2. The quantitative estimate of drug-likeness (QED) is 0.507. The summed E-state index contributed by atoms with van der Waals surface area (Å²) in [5, 5.41) is 14.5. The Hall–Kier alpha value is -3.20. The molecule has 168 valence electrons. The average molecular weight is 456 g/mol. The van der Waals surface area contributed by atoms with Crippen molar-refractivity contribution in [3.63, 3.8) is 0 Å². The highest BCUT2D eigenvalue weighted by Gasteiger charge is 2.14. The summed E-state index contributed by atoms with van der Waals surface area (Å²) in [6.07, 6.45) is 0.429. The summed E-state index contributed by atoms with van der Waals surface area (Å²) >= 11 is 1.29. The number of thioether (sulfide) groups is 1. The van der Waals surface area contributed by atoms with Gasteiger partial charge in [0.25, 0.3) is 5.91 Å². The summed E-state index contributed by atoms with van der Waals surface area (Å²) in [4.78, 5) is 24.5. The van der Waals surface area contributed by atoms with Crippen LogP contribution in [0.1, 0.15) is 32.9 Å². The number of aryl methyl sites for hydroxylation is 3. The van der Waals surface area contributed by atoms with E-state index in [4.69, 9.17) is 0 Å². The van der Waals surface area contributed by atoms with Gasteiger partial charge in [0.15, 0.2) is 5.16 Å². The van der Waals surface area contributed by atoms with Gasteiger partial charge in [0, 0.05) is 25.7 Å². The Kier molecular flexibility index (Phi) is 7.63. The lowest BCUT2D eigenvalue weighted by atomic mass is 10.1. The van der Waals surface area contributed by atoms with Gasteiger partial charge in [0.1, 0.15) is 11.6 Å². The van der Waals surface area contributed by atoms with Crippen molar-refractivity contribution >= 4 is 29.3 Å². The third-order valence-corrected chi connectivity index (χ3v) is 5.97. The average Bonchev–Trinajstić information content (AvgIpc) is 3.09. The van der Waals surface area contributed by atoms with Crippen molar-refractivity contribution in [3.05, 3.63) is 70.3 Å². The molecule has 0 saturated heterocycles. The standard InChI is InChI=1S/C23H26FN5O2S/c1-14-11-15(2)21(16(3)12-14)26-20(30)13-32-23-28-27-19(29(23)4)9-10-25-22(31)17-7-5-6-8-18(17)24/h5-8,11-12H,9-10,13H2,1-4H3,(H,25,31)(H,26,30). The van der Waals surface area contributed by atoms with E-state index in [1.165, 1.54) is 30.0 Å². The second-order valence-corrected chi connectivity index (χ2v) is 8.50. The van der Waals surface area contributed by atoms with E-state index in [2.05, 4.69) is 20.8 Å². The number of nitrogens with one attached hydrogen (secondary N) is 2. The van der Waals surface area contributed by atoms with E-state index < -0.39 is 11.7 Å². The van der Waals surface area contributed by atoms with Gasteiger partial charge in [-0.05, 0) is 44.0 Å². The number of carbonyl (C=O) groups is 2. The van der Waals surface area contributed by atoms with Crippen LogP contribution in [0.2, 0.25) is 0 Å². The summed E-state index contributed by atoms with van der Waals surface area (Å²) in [7, 11) is 1.81. The van der Waals surface area contributed by atoms with Crippen LogP contribution in [0.5, 0.6) is 0 Å². The zero-order chi connectivity index (χ0) is 23.3. The fourth-order valence-electron chi connectivity index (χ4n) is 3.40. The summed E-state index contributed by atoms with van der Waals surface area (Å²) in [5.41, 5.74) is 4.06. The first-order valence-corrected chi connectivity index (χ1v) is 11.2. The number of anilines is 1. The highest BCUT2D eigenvalue weighted by Crippen LogP contribution is 2.23. The first-order chi connectivity index (χ1) is 15.3. The molecule has 0 spiro atoms. The summed E-state index contributed by atoms with van der Waals surface area (Å²) in [5.74, 6) is -0.295. The second kappa shape index (κ2) is 10.4. The lowest BCUT2D eigenvalue weighted by Crippen LogP contribution is -2.27. The van der Waals surface area contributed by atoms with E-state index in [9.17, 15) is 14.0 Å². The van der Waals surface area contributed by atoms with Gasteiger partial charge in [-0.15, -0.1) is 10.2 Å². The first kappa shape index (κ1) is 23.5. The zero-order valence-electron chi connectivity index (χ0n) is 18.5. The van der Waals surface area contributed by atoms with Gasteiger partial charge >= 0.3 is 0 Å². The lowest BCUT2D eigenvalue weighted by molar-refractivity contribution is -0.113. The van der Waals surface area contributed by atoms with Gasteiger partial charge in [-0.2, -0.15) is 0 Å².